The Balaban J connectivity index is 1.44. The lowest BCUT2D eigenvalue weighted by Crippen LogP contribution is -2.51. The highest BCUT2D eigenvalue weighted by Gasteiger charge is 2.54. The lowest BCUT2D eigenvalue weighted by molar-refractivity contribution is -0.140. The number of carbonyl (C=O) groups excluding carboxylic acids is 3. The van der Waals surface area contributed by atoms with Gasteiger partial charge >= 0.3 is 11.9 Å². The number of nitrogens with zero attached hydrogens (tertiary/aromatic N) is 2. The van der Waals surface area contributed by atoms with Gasteiger partial charge in [0.25, 0.3) is 0 Å². The van der Waals surface area contributed by atoms with E-state index in [9.17, 15) is 19.6 Å². The highest BCUT2D eigenvalue weighted by Crippen LogP contribution is 2.60. The van der Waals surface area contributed by atoms with Crippen LogP contribution < -0.4 is 16.0 Å². The van der Waals surface area contributed by atoms with Crippen molar-refractivity contribution in [1.82, 2.24) is 0 Å². The topological polar surface area (TPSA) is 135 Å². The van der Waals surface area contributed by atoms with Gasteiger partial charge in [0, 0.05) is 11.4 Å². The maximum absolute atomic E-state index is 13.9. The number of nitriles is 1. The maximum Gasteiger partial charge on any atom is 0.355 e. The number of hydrogen-bond acceptors (Lipinski definition) is 8. The number of esters is 2. The molecule has 0 saturated heterocycles. The highest BCUT2D eigenvalue weighted by atomic mass is 16.5. The fraction of sp³-hybridized carbons (Fsp3) is 0.412. The van der Waals surface area contributed by atoms with E-state index in [-0.39, 0.29) is 34.0 Å². The zero-order valence-corrected chi connectivity index (χ0v) is 24.7. The summed E-state index contributed by atoms with van der Waals surface area (Å²) in [5, 5.41) is 13.5. The van der Waals surface area contributed by atoms with Crippen molar-refractivity contribution in [2.24, 2.45) is 28.9 Å². The number of allylic oxidation sites excluding steroid dienone is 1. The lowest BCUT2D eigenvalue weighted by Gasteiger charge is -2.55. The van der Waals surface area contributed by atoms with Gasteiger partial charge in [0.05, 0.1) is 42.8 Å². The van der Waals surface area contributed by atoms with E-state index in [0.29, 0.717) is 34.7 Å². The Labute approximate surface area is 251 Å². The number of anilines is 2. The molecule has 1 unspecified atom stereocenters. The van der Waals surface area contributed by atoms with Gasteiger partial charge in [-0.25, -0.2) is 9.59 Å². The fourth-order valence-electron chi connectivity index (χ4n) is 8.31. The molecule has 4 fully saturated rings. The number of hydrogen-bond donors (Lipinski definition) is 2. The van der Waals surface area contributed by atoms with Gasteiger partial charge in [-0.15, -0.1) is 0 Å². The number of methoxy groups -OCH3 is 2. The second-order valence-corrected chi connectivity index (χ2v) is 12.5. The van der Waals surface area contributed by atoms with Crippen LogP contribution in [0.2, 0.25) is 0 Å². The van der Waals surface area contributed by atoms with E-state index >= 15 is 0 Å². The highest BCUT2D eigenvalue weighted by molar-refractivity contribution is 6.06. The molecule has 3 N–H and O–H groups in total. The fourth-order valence-corrected chi connectivity index (χ4v) is 8.31. The van der Waals surface area contributed by atoms with Crippen LogP contribution in [0.15, 0.2) is 71.2 Å². The molecular formula is C34H36N4O5. The van der Waals surface area contributed by atoms with Crippen LogP contribution in [0, 0.1) is 41.4 Å². The molecule has 9 nitrogen and oxygen atoms in total. The van der Waals surface area contributed by atoms with Crippen LogP contribution in [0.25, 0.3) is 0 Å². The van der Waals surface area contributed by atoms with Gasteiger partial charge < -0.3 is 20.5 Å². The van der Waals surface area contributed by atoms with E-state index in [0.717, 1.165) is 24.8 Å². The number of ether oxygens (including phenoxy) is 2. The quantitative estimate of drug-likeness (QED) is 0.454. The summed E-state index contributed by atoms with van der Waals surface area (Å²) in [7, 11) is 2.43. The van der Waals surface area contributed by atoms with Gasteiger partial charge in [0.15, 0.2) is 0 Å². The molecule has 1 aliphatic heterocycles. The minimum Gasteiger partial charge on any atom is -0.466 e. The Bertz CT molecular complexity index is 1570. The number of nitrogens with one attached hydrogen (secondary N) is 1. The zero-order chi connectivity index (χ0) is 30.5. The summed E-state index contributed by atoms with van der Waals surface area (Å²) in [5.74, 6) is -0.688. The first-order chi connectivity index (χ1) is 20.7. The second kappa shape index (κ2) is 10.9. The SMILES string of the molecule is COC(=O)C1=C(C(=O)OC)N(c2ccc(C)c(NC(=O)C34CC5CC(CC(C5)C3)C4)c2)C(N)=C(C#N)C1c1ccccc1. The number of amides is 1. The van der Waals surface area contributed by atoms with Crippen molar-refractivity contribution in [2.75, 3.05) is 24.4 Å². The maximum atomic E-state index is 13.9. The largest absolute Gasteiger partial charge is 0.466 e. The molecule has 222 valence electrons. The molecule has 7 rings (SSSR count). The number of carbonyl (C=O) groups is 3. The van der Waals surface area contributed by atoms with Gasteiger partial charge in [0.1, 0.15) is 11.5 Å². The van der Waals surface area contributed by atoms with E-state index in [1.807, 2.05) is 19.1 Å². The average Bonchev–Trinajstić information content (AvgIpc) is 3.00. The Morgan fingerprint density at radius 2 is 1.56 bits per heavy atom. The molecule has 2 aromatic carbocycles. The Hall–Kier alpha value is -4.58. The number of aryl methyl sites for hydroxylation is 1. The van der Waals surface area contributed by atoms with Crippen molar-refractivity contribution in [1.29, 1.82) is 5.26 Å². The summed E-state index contributed by atoms with van der Waals surface area (Å²) in [6.45, 7) is 1.90. The van der Waals surface area contributed by atoms with Crippen LogP contribution in [0.4, 0.5) is 11.4 Å². The van der Waals surface area contributed by atoms with Gasteiger partial charge in [-0.3, -0.25) is 9.69 Å². The Morgan fingerprint density at radius 3 is 2.12 bits per heavy atom. The van der Waals surface area contributed by atoms with E-state index in [2.05, 4.69) is 11.4 Å². The van der Waals surface area contributed by atoms with Gasteiger partial charge in [-0.1, -0.05) is 36.4 Å². The summed E-state index contributed by atoms with van der Waals surface area (Å²) in [4.78, 5) is 42.1. The summed E-state index contributed by atoms with van der Waals surface area (Å²) in [6, 6.07) is 16.3. The smallest absolute Gasteiger partial charge is 0.355 e. The molecule has 5 aliphatic rings. The van der Waals surface area contributed by atoms with Gasteiger partial charge in [0.2, 0.25) is 5.91 Å². The van der Waals surface area contributed by atoms with Crippen LogP contribution in [0.1, 0.15) is 55.6 Å². The molecule has 4 bridgehead atoms. The minimum absolute atomic E-state index is 0.0216. The lowest BCUT2D eigenvalue weighted by atomic mass is 9.49. The molecule has 1 atom stereocenters. The zero-order valence-electron chi connectivity index (χ0n) is 24.7. The van der Waals surface area contributed by atoms with Gasteiger partial charge in [-0.2, -0.15) is 5.26 Å². The first-order valence-corrected chi connectivity index (χ1v) is 14.8. The van der Waals surface area contributed by atoms with E-state index < -0.39 is 17.9 Å². The predicted molar refractivity (Wildman–Crippen MR) is 160 cm³/mol. The number of rotatable bonds is 6. The first-order valence-electron chi connectivity index (χ1n) is 14.8. The minimum atomic E-state index is -0.954. The van der Waals surface area contributed by atoms with E-state index in [1.165, 1.54) is 38.4 Å². The van der Waals surface area contributed by atoms with Crippen molar-refractivity contribution in [3.63, 3.8) is 0 Å². The van der Waals surface area contributed by atoms with E-state index in [1.54, 1.807) is 36.4 Å². The summed E-state index contributed by atoms with van der Waals surface area (Å²) >= 11 is 0. The monoisotopic (exact) mass is 580 g/mol. The van der Waals surface area contributed by atoms with Crippen LogP contribution >= 0.6 is 0 Å². The van der Waals surface area contributed by atoms with Crippen molar-refractivity contribution in [3.05, 3.63) is 82.3 Å². The molecule has 0 aromatic heterocycles. The standard InChI is InChI=1S/C34H36N4O5/c1-19-9-10-24(14-26(19)37-33(41)34-15-20-11-21(16-34)13-22(12-20)17-34)38-29(32(40)43-3)28(31(39)42-2)27(25(18-35)30(38)36)23-7-5-4-6-8-23/h4-10,14,20-22,27H,11-13,15-17,36H2,1-3H3,(H,37,41). The Morgan fingerprint density at radius 1 is 0.953 bits per heavy atom. The molecule has 2 aromatic rings. The third-order valence-corrected chi connectivity index (χ3v) is 9.86. The molecule has 9 heteroatoms. The normalized spacial score (nSPS) is 27.5. The molecule has 1 heterocycles. The second-order valence-electron chi connectivity index (χ2n) is 12.5. The predicted octanol–water partition coefficient (Wildman–Crippen LogP) is 5.05. The van der Waals surface area contributed by atoms with Gasteiger partial charge in [-0.05, 0) is 86.5 Å². The molecular weight excluding hydrogens is 544 g/mol. The first kappa shape index (κ1) is 28.5. The van der Waals surface area contributed by atoms with Crippen LogP contribution in [-0.2, 0) is 23.9 Å². The molecule has 43 heavy (non-hydrogen) atoms. The third-order valence-electron chi connectivity index (χ3n) is 9.86. The van der Waals surface area contributed by atoms with Crippen LogP contribution in [0.3, 0.4) is 0 Å². The number of benzene rings is 2. The summed E-state index contributed by atoms with van der Waals surface area (Å²) in [6.07, 6.45) is 6.48. The van der Waals surface area contributed by atoms with E-state index in [4.69, 9.17) is 15.2 Å². The summed E-state index contributed by atoms with van der Waals surface area (Å²) < 4.78 is 10.3. The molecule has 4 aliphatic carbocycles. The molecule has 0 radical (unpaired) electrons. The van der Waals surface area contributed by atoms with Crippen molar-refractivity contribution in [2.45, 2.75) is 51.4 Å². The molecule has 0 spiro atoms. The summed E-state index contributed by atoms with van der Waals surface area (Å²) in [5.41, 5.74) is 8.59. The van der Waals surface area contributed by atoms with Crippen molar-refractivity contribution < 1.29 is 23.9 Å². The molecule has 1 amide bonds. The van der Waals surface area contributed by atoms with Crippen LogP contribution in [0.5, 0.6) is 0 Å². The average molecular weight is 581 g/mol. The Kier molecular flexibility index (Phi) is 7.25. The van der Waals surface area contributed by atoms with Crippen molar-refractivity contribution in [3.8, 4) is 6.07 Å². The third kappa shape index (κ3) is 4.75. The number of nitrogens with two attached hydrogens (primary N) is 1. The van der Waals surface area contributed by atoms with Crippen LogP contribution in [-0.4, -0.2) is 32.1 Å². The molecule has 4 saturated carbocycles. The van der Waals surface area contributed by atoms with Crippen molar-refractivity contribution >= 4 is 29.2 Å².